The first-order valence-electron chi connectivity index (χ1n) is 20.5. The standard InChI is InChI=1S/C47H51NO14/c1-25-31(60-43(56)36(52)35(28-16-10-7-11-17-28)48-41(54)29-18-12-8-13-19-29)23-47(57)40(61-42(55)30-20-14-9-15-21-30)38-45(6,32(51)22-33-46(38,24-58-33)62-27(3)50)39(53)37(59-26(2)49)34(25)44(47,4)5/h7-21,31-33,35-38,40,51-52,57H,22-24H2,1-6H3,(H,48,54)/t31?,32?,33?,35?,36?,37?,38?,40?,45-,46+,47?/m1/s1. The van der Waals surface area contributed by atoms with Crippen LogP contribution in [0.3, 0.4) is 0 Å². The van der Waals surface area contributed by atoms with Gasteiger partial charge in [-0.2, -0.15) is 0 Å². The van der Waals surface area contributed by atoms with E-state index in [9.17, 15) is 39.3 Å². The molecule has 1 saturated heterocycles. The number of carbonyl (C=O) groups is 6. The topological polar surface area (TPSA) is 221 Å². The molecule has 0 radical (unpaired) electrons. The number of aliphatic hydroxyl groups excluding tert-OH is 2. The lowest BCUT2D eigenvalue weighted by Gasteiger charge is -2.67. The van der Waals surface area contributed by atoms with Gasteiger partial charge in [-0.3, -0.25) is 19.2 Å². The number of carbonyl (C=O) groups excluding carboxylic acids is 6. The molecule has 1 heterocycles. The first-order valence-corrected chi connectivity index (χ1v) is 20.5. The smallest absolute Gasteiger partial charge is 0.338 e. The largest absolute Gasteiger partial charge is 0.456 e. The molecule has 4 aliphatic rings. The molecular weight excluding hydrogens is 803 g/mol. The number of aliphatic hydroxyl groups is 3. The molecule has 62 heavy (non-hydrogen) atoms. The maximum Gasteiger partial charge on any atom is 0.338 e. The lowest BCUT2D eigenvalue weighted by atomic mass is 9.44. The van der Waals surface area contributed by atoms with Crippen molar-refractivity contribution in [3.63, 3.8) is 0 Å². The van der Waals surface area contributed by atoms with E-state index < -0.39 is 113 Å². The predicted octanol–water partition coefficient (Wildman–Crippen LogP) is 3.74. The Balaban J connectivity index is 1.39. The van der Waals surface area contributed by atoms with E-state index in [1.165, 1.54) is 26.0 Å². The minimum absolute atomic E-state index is 0.00289. The molecule has 2 saturated carbocycles. The lowest BCUT2D eigenvalue weighted by Crippen LogP contribution is -2.82. The molecule has 7 rings (SSSR count). The average molecular weight is 854 g/mol. The Morgan fingerprint density at radius 2 is 1.40 bits per heavy atom. The quantitative estimate of drug-likeness (QED) is 0.130. The van der Waals surface area contributed by atoms with Crippen molar-refractivity contribution < 1.29 is 67.8 Å². The van der Waals surface area contributed by atoms with E-state index in [1.807, 2.05) is 0 Å². The molecule has 0 aromatic heterocycles. The summed E-state index contributed by atoms with van der Waals surface area (Å²) < 4.78 is 30.3. The molecule has 1 amide bonds. The number of hydrogen-bond donors (Lipinski definition) is 4. The summed E-state index contributed by atoms with van der Waals surface area (Å²) in [6.45, 7) is 7.97. The molecule has 3 aromatic rings. The number of rotatable bonds is 10. The molecule has 3 aliphatic carbocycles. The van der Waals surface area contributed by atoms with Crippen LogP contribution in [0.1, 0.15) is 86.7 Å². The monoisotopic (exact) mass is 853 g/mol. The third kappa shape index (κ3) is 7.29. The molecule has 9 unspecified atom stereocenters. The number of benzene rings is 3. The third-order valence-corrected chi connectivity index (χ3v) is 13.5. The molecule has 1 aliphatic heterocycles. The summed E-state index contributed by atoms with van der Waals surface area (Å²) in [5.74, 6) is -6.84. The predicted molar refractivity (Wildman–Crippen MR) is 218 cm³/mol. The Morgan fingerprint density at radius 1 is 0.823 bits per heavy atom. The molecule has 15 heteroatoms. The van der Waals surface area contributed by atoms with Gasteiger partial charge in [-0.15, -0.1) is 0 Å². The van der Waals surface area contributed by atoms with Crippen molar-refractivity contribution in [3.8, 4) is 0 Å². The van der Waals surface area contributed by atoms with Crippen molar-refractivity contribution in [3.05, 3.63) is 119 Å². The second-order valence-corrected chi connectivity index (χ2v) is 17.4. The fourth-order valence-corrected chi connectivity index (χ4v) is 10.2. The van der Waals surface area contributed by atoms with Crippen molar-refractivity contribution in [2.24, 2.45) is 16.7 Å². The van der Waals surface area contributed by atoms with Crippen molar-refractivity contribution in [2.75, 3.05) is 6.61 Å². The minimum Gasteiger partial charge on any atom is -0.456 e. The Hall–Kier alpha value is -5.74. The molecule has 2 bridgehead atoms. The number of nitrogens with one attached hydrogen (secondary N) is 1. The van der Waals surface area contributed by atoms with Gasteiger partial charge in [0.2, 0.25) is 0 Å². The van der Waals surface area contributed by atoms with Crippen LogP contribution in [0.25, 0.3) is 0 Å². The van der Waals surface area contributed by atoms with E-state index in [0.29, 0.717) is 5.56 Å². The van der Waals surface area contributed by atoms with E-state index in [-0.39, 0.29) is 35.3 Å². The molecule has 0 spiro atoms. The van der Waals surface area contributed by atoms with Crippen molar-refractivity contribution in [1.82, 2.24) is 5.32 Å². The molecule has 3 aromatic carbocycles. The zero-order valence-electron chi connectivity index (χ0n) is 35.2. The second-order valence-electron chi connectivity index (χ2n) is 17.4. The van der Waals surface area contributed by atoms with Gasteiger partial charge in [-0.05, 0) is 54.8 Å². The van der Waals surface area contributed by atoms with Gasteiger partial charge in [-0.1, -0.05) is 80.6 Å². The van der Waals surface area contributed by atoms with Crippen molar-refractivity contribution in [1.29, 1.82) is 0 Å². The van der Waals surface area contributed by atoms with Crippen LogP contribution < -0.4 is 5.32 Å². The van der Waals surface area contributed by atoms with E-state index in [1.54, 1.807) is 92.7 Å². The summed E-state index contributed by atoms with van der Waals surface area (Å²) in [7, 11) is 0. The highest BCUT2D eigenvalue weighted by molar-refractivity contribution is 5.96. The second kappa shape index (κ2) is 16.5. The summed E-state index contributed by atoms with van der Waals surface area (Å²) in [6, 6.07) is 22.9. The van der Waals surface area contributed by atoms with E-state index in [4.69, 9.17) is 23.7 Å². The highest BCUT2D eigenvalue weighted by Gasteiger charge is 2.78. The normalized spacial score (nSPS) is 31.9. The molecule has 3 fully saturated rings. The number of amides is 1. The van der Waals surface area contributed by atoms with Crippen LogP contribution in [0.4, 0.5) is 0 Å². The van der Waals surface area contributed by atoms with Crippen LogP contribution in [-0.4, -0.2) is 105 Å². The number of fused-ring (bicyclic) bond motifs is 5. The SMILES string of the molecule is CC(=O)OC1C(=O)[C@]2(C)C(O)CC3OC[C@@]3(OC(C)=O)C2C(OC(=O)c2ccccc2)C2(O)CC(OC(=O)C(O)C(NC(=O)c3ccccc3)c3ccccc3)C(C)=C1C2(C)C. The fourth-order valence-electron chi connectivity index (χ4n) is 10.2. The maximum absolute atomic E-state index is 15.5. The van der Waals surface area contributed by atoms with Crippen LogP contribution >= 0.6 is 0 Å². The molecule has 4 N–H and O–H groups in total. The average Bonchev–Trinajstić information content (AvgIpc) is 3.24. The van der Waals surface area contributed by atoms with E-state index >= 15 is 4.79 Å². The number of esters is 4. The van der Waals surface area contributed by atoms with Crippen LogP contribution in [0.5, 0.6) is 0 Å². The summed E-state index contributed by atoms with van der Waals surface area (Å²) >= 11 is 0. The van der Waals surface area contributed by atoms with Gasteiger partial charge in [0.1, 0.15) is 23.9 Å². The fraction of sp³-hybridized carbons (Fsp3) is 0.447. The van der Waals surface area contributed by atoms with Gasteiger partial charge in [0.15, 0.2) is 23.6 Å². The van der Waals surface area contributed by atoms with Crippen molar-refractivity contribution in [2.45, 2.75) is 108 Å². The number of Topliss-reactive ketones (excluding diaryl/α,β-unsaturated/α-hetero) is 1. The van der Waals surface area contributed by atoms with E-state index in [0.717, 1.165) is 13.8 Å². The minimum atomic E-state index is -2.39. The van der Waals surface area contributed by atoms with Gasteiger partial charge in [-0.25, -0.2) is 9.59 Å². The van der Waals surface area contributed by atoms with E-state index in [2.05, 4.69) is 5.32 Å². The molecule has 11 atom stereocenters. The molecule has 15 nitrogen and oxygen atoms in total. The number of hydrogen-bond acceptors (Lipinski definition) is 14. The van der Waals surface area contributed by atoms with Crippen LogP contribution in [0.2, 0.25) is 0 Å². The maximum atomic E-state index is 15.5. The number of ketones is 1. The van der Waals surface area contributed by atoms with Gasteiger partial charge < -0.3 is 44.3 Å². The molecular formula is C47H51NO14. The Labute approximate surface area is 358 Å². The van der Waals surface area contributed by atoms with Crippen LogP contribution in [-0.2, 0) is 42.9 Å². The third-order valence-electron chi connectivity index (χ3n) is 13.5. The Bertz CT molecular complexity index is 2280. The zero-order chi connectivity index (χ0) is 44.9. The Morgan fingerprint density at radius 3 is 1.95 bits per heavy atom. The highest BCUT2D eigenvalue weighted by Crippen LogP contribution is 2.64. The zero-order valence-corrected chi connectivity index (χ0v) is 35.2. The van der Waals surface area contributed by atoms with Gasteiger partial charge in [0.25, 0.3) is 5.91 Å². The molecule has 328 valence electrons. The van der Waals surface area contributed by atoms with Crippen LogP contribution in [0, 0.1) is 16.7 Å². The van der Waals surface area contributed by atoms with Gasteiger partial charge in [0, 0.05) is 37.7 Å². The summed E-state index contributed by atoms with van der Waals surface area (Å²) in [5.41, 5.74) is -7.02. The number of ether oxygens (including phenoxy) is 5. The lowest BCUT2D eigenvalue weighted by molar-refractivity contribution is -0.346. The highest BCUT2D eigenvalue weighted by atomic mass is 16.6. The summed E-state index contributed by atoms with van der Waals surface area (Å²) in [5, 5.41) is 40.2. The Kier molecular flexibility index (Phi) is 11.8. The summed E-state index contributed by atoms with van der Waals surface area (Å²) in [4.78, 5) is 83.5. The summed E-state index contributed by atoms with van der Waals surface area (Å²) in [6.07, 6.45) is -10.5. The van der Waals surface area contributed by atoms with Gasteiger partial charge >= 0.3 is 23.9 Å². The van der Waals surface area contributed by atoms with Gasteiger partial charge in [0.05, 0.1) is 35.6 Å². The first kappa shape index (κ1) is 44.3. The van der Waals surface area contributed by atoms with Crippen molar-refractivity contribution >= 4 is 35.6 Å². The first-order chi connectivity index (χ1) is 29.3. The van der Waals surface area contributed by atoms with Crippen LogP contribution in [0.15, 0.2) is 102 Å².